The fourth-order valence-corrected chi connectivity index (χ4v) is 3.68. The van der Waals surface area contributed by atoms with Crippen molar-refractivity contribution in [2.24, 2.45) is 23.0 Å². The number of hydrogen-bond acceptors (Lipinski definition) is 2. The van der Waals surface area contributed by atoms with Crippen molar-refractivity contribution in [1.82, 2.24) is 4.90 Å². The van der Waals surface area contributed by atoms with Gasteiger partial charge in [0.25, 0.3) is 0 Å². The summed E-state index contributed by atoms with van der Waals surface area (Å²) < 4.78 is 0. The van der Waals surface area contributed by atoms with Crippen molar-refractivity contribution < 1.29 is 4.79 Å². The quantitative estimate of drug-likeness (QED) is 0.811. The van der Waals surface area contributed by atoms with Gasteiger partial charge in [-0.05, 0) is 36.5 Å². The molecule has 1 amide bonds. The molecule has 0 aromatic heterocycles. The topological polar surface area (TPSA) is 46.3 Å². The molecule has 1 aliphatic carbocycles. The Kier molecular flexibility index (Phi) is 3.83. The molecule has 0 bridgehead atoms. The number of nitrogens with two attached hydrogens (primary N) is 1. The van der Waals surface area contributed by atoms with E-state index in [4.69, 9.17) is 5.73 Å². The zero-order chi connectivity index (χ0) is 12.6. The zero-order valence-electron chi connectivity index (χ0n) is 10.8. The molecule has 0 radical (unpaired) electrons. The number of amides is 1. The van der Waals surface area contributed by atoms with Crippen molar-refractivity contribution in [3.8, 4) is 0 Å². The van der Waals surface area contributed by atoms with Crippen LogP contribution < -0.4 is 5.73 Å². The number of rotatable bonds is 3. The molecule has 0 aromatic rings. The molecule has 98 valence electrons. The maximum atomic E-state index is 12.2. The van der Waals surface area contributed by atoms with Gasteiger partial charge in [-0.2, -0.15) is 0 Å². The molecular weight excluding hydrogens is 280 g/mol. The minimum atomic E-state index is -0.322. The molecular formula is C13H23BrN2O. The third-order valence-corrected chi connectivity index (χ3v) is 5.33. The predicted molar refractivity (Wildman–Crippen MR) is 73.0 cm³/mol. The van der Waals surface area contributed by atoms with Gasteiger partial charge in [0.05, 0.1) is 6.04 Å². The molecule has 1 spiro atoms. The van der Waals surface area contributed by atoms with Gasteiger partial charge in [-0.3, -0.25) is 4.79 Å². The van der Waals surface area contributed by atoms with Gasteiger partial charge < -0.3 is 10.6 Å². The van der Waals surface area contributed by atoms with E-state index in [-0.39, 0.29) is 17.9 Å². The summed E-state index contributed by atoms with van der Waals surface area (Å²) in [5.74, 6) is 1.21. The predicted octanol–water partition coefficient (Wildman–Crippen LogP) is 1.99. The minimum absolute atomic E-state index is 0.152. The third kappa shape index (κ3) is 2.53. The second-order valence-electron chi connectivity index (χ2n) is 6.21. The van der Waals surface area contributed by atoms with Crippen LogP contribution in [0, 0.1) is 17.3 Å². The van der Waals surface area contributed by atoms with Crippen LogP contribution in [0.1, 0.15) is 33.1 Å². The Labute approximate surface area is 112 Å². The SMILES string of the molecule is CC(C)[C@H](N)C(=O)N1CCC2(CC(CBr)C2)C1. The maximum absolute atomic E-state index is 12.2. The molecule has 1 aliphatic heterocycles. The van der Waals surface area contributed by atoms with E-state index < -0.39 is 0 Å². The smallest absolute Gasteiger partial charge is 0.239 e. The molecule has 3 nitrogen and oxygen atoms in total. The summed E-state index contributed by atoms with van der Waals surface area (Å²) in [5.41, 5.74) is 6.38. The standard InChI is InChI=1S/C13H23BrN2O/c1-9(2)11(15)12(17)16-4-3-13(8-16)5-10(6-13)7-14/h9-11H,3-8,15H2,1-2H3/t10?,11-,13?/m0/s1. The Morgan fingerprint density at radius 2 is 2.18 bits per heavy atom. The number of likely N-dealkylation sites (tertiary alicyclic amines) is 1. The Balaban J connectivity index is 1.88. The third-order valence-electron chi connectivity index (χ3n) is 4.41. The van der Waals surface area contributed by atoms with Crippen LogP contribution in [0.25, 0.3) is 0 Å². The molecule has 4 heteroatoms. The van der Waals surface area contributed by atoms with Crippen molar-refractivity contribution in [3.05, 3.63) is 0 Å². The molecule has 2 rings (SSSR count). The van der Waals surface area contributed by atoms with Crippen molar-refractivity contribution in [1.29, 1.82) is 0 Å². The van der Waals surface area contributed by atoms with Crippen LogP contribution in [0.3, 0.4) is 0 Å². The van der Waals surface area contributed by atoms with E-state index in [2.05, 4.69) is 15.9 Å². The maximum Gasteiger partial charge on any atom is 0.239 e. The summed E-state index contributed by atoms with van der Waals surface area (Å²) in [7, 11) is 0. The van der Waals surface area contributed by atoms with Gasteiger partial charge in [0.2, 0.25) is 5.91 Å². The highest BCUT2D eigenvalue weighted by Gasteiger charge is 2.49. The Morgan fingerprint density at radius 1 is 1.53 bits per heavy atom. The fraction of sp³-hybridized carbons (Fsp3) is 0.923. The summed E-state index contributed by atoms with van der Waals surface area (Å²) in [6, 6.07) is -0.322. The first-order chi connectivity index (χ1) is 7.97. The van der Waals surface area contributed by atoms with E-state index in [0.717, 1.165) is 24.3 Å². The number of hydrogen-bond donors (Lipinski definition) is 1. The van der Waals surface area contributed by atoms with Crippen molar-refractivity contribution in [2.75, 3.05) is 18.4 Å². The molecule has 0 aromatic carbocycles. The fourth-order valence-electron chi connectivity index (χ4n) is 3.23. The monoisotopic (exact) mass is 302 g/mol. The lowest BCUT2D eigenvalue weighted by atomic mass is 9.62. The van der Waals surface area contributed by atoms with Gasteiger partial charge in [0.15, 0.2) is 0 Å². The molecule has 1 atom stereocenters. The normalized spacial score (nSPS) is 34.2. The van der Waals surface area contributed by atoms with Crippen LogP contribution in [0.5, 0.6) is 0 Å². The van der Waals surface area contributed by atoms with E-state index in [0.29, 0.717) is 5.41 Å². The van der Waals surface area contributed by atoms with Crippen LogP contribution in [0.4, 0.5) is 0 Å². The Morgan fingerprint density at radius 3 is 2.71 bits per heavy atom. The van der Waals surface area contributed by atoms with Gasteiger partial charge in [0, 0.05) is 18.4 Å². The van der Waals surface area contributed by atoms with Gasteiger partial charge in [-0.25, -0.2) is 0 Å². The van der Waals surface area contributed by atoms with Gasteiger partial charge in [-0.15, -0.1) is 0 Å². The molecule has 1 saturated carbocycles. The van der Waals surface area contributed by atoms with Crippen LogP contribution in [-0.2, 0) is 4.79 Å². The van der Waals surface area contributed by atoms with Crippen LogP contribution >= 0.6 is 15.9 Å². The van der Waals surface area contributed by atoms with E-state index in [1.807, 2.05) is 18.7 Å². The second-order valence-corrected chi connectivity index (χ2v) is 6.86. The van der Waals surface area contributed by atoms with Gasteiger partial charge in [-0.1, -0.05) is 29.8 Å². The first-order valence-corrected chi connectivity index (χ1v) is 7.70. The molecule has 0 unspecified atom stereocenters. The van der Waals surface area contributed by atoms with Crippen molar-refractivity contribution in [3.63, 3.8) is 0 Å². The average Bonchev–Trinajstić information content (AvgIpc) is 2.69. The molecule has 2 N–H and O–H groups in total. The summed E-state index contributed by atoms with van der Waals surface area (Å²) in [5, 5.41) is 1.11. The summed E-state index contributed by atoms with van der Waals surface area (Å²) in [6.07, 6.45) is 3.73. The van der Waals surface area contributed by atoms with Crippen LogP contribution in [0.15, 0.2) is 0 Å². The number of carbonyl (C=O) groups excluding carboxylic acids is 1. The molecule has 2 aliphatic rings. The highest BCUT2D eigenvalue weighted by molar-refractivity contribution is 9.09. The Bertz CT molecular complexity index is 300. The number of carbonyl (C=O) groups is 1. The first kappa shape index (κ1) is 13.3. The van der Waals surface area contributed by atoms with E-state index in [1.54, 1.807) is 0 Å². The van der Waals surface area contributed by atoms with Gasteiger partial charge in [0.1, 0.15) is 0 Å². The molecule has 1 saturated heterocycles. The highest BCUT2D eigenvalue weighted by Crippen LogP contribution is 2.52. The lowest BCUT2D eigenvalue weighted by Gasteiger charge is -2.44. The lowest BCUT2D eigenvalue weighted by Crippen LogP contribution is -2.47. The lowest BCUT2D eigenvalue weighted by molar-refractivity contribution is -0.133. The van der Waals surface area contributed by atoms with Crippen LogP contribution in [0.2, 0.25) is 0 Å². The van der Waals surface area contributed by atoms with Crippen molar-refractivity contribution in [2.45, 2.75) is 39.2 Å². The first-order valence-electron chi connectivity index (χ1n) is 6.58. The van der Waals surface area contributed by atoms with Crippen molar-refractivity contribution >= 4 is 21.8 Å². The van der Waals surface area contributed by atoms with E-state index >= 15 is 0 Å². The van der Waals surface area contributed by atoms with E-state index in [9.17, 15) is 4.79 Å². The largest absolute Gasteiger partial charge is 0.341 e. The molecule has 1 heterocycles. The summed E-state index contributed by atoms with van der Waals surface area (Å²) in [6.45, 7) is 5.88. The Hall–Kier alpha value is -0.0900. The minimum Gasteiger partial charge on any atom is -0.341 e. The zero-order valence-corrected chi connectivity index (χ0v) is 12.4. The molecule has 17 heavy (non-hydrogen) atoms. The molecule has 2 fully saturated rings. The van der Waals surface area contributed by atoms with Gasteiger partial charge >= 0.3 is 0 Å². The van der Waals surface area contributed by atoms with Crippen LogP contribution in [-0.4, -0.2) is 35.3 Å². The highest BCUT2D eigenvalue weighted by atomic mass is 79.9. The number of halogens is 1. The average molecular weight is 303 g/mol. The summed E-state index contributed by atoms with van der Waals surface area (Å²) >= 11 is 3.54. The number of nitrogens with zero attached hydrogens (tertiary/aromatic N) is 1. The summed E-state index contributed by atoms with van der Waals surface area (Å²) in [4.78, 5) is 14.2. The second kappa shape index (κ2) is 4.88. The van der Waals surface area contributed by atoms with E-state index in [1.165, 1.54) is 19.3 Å². The number of alkyl halides is 1.